The highest BCUT2D eigenvalue weighted by molar-refractivity contribution is 5.95. The zero-order valence-electron chi connectivity index (χ0n) is 21.0. The summed E-state index contributed by atoms with van der Waals surface area (Å²) in [6.07, 6.45) is 7.18. The quantitative estimate of drug-likeness (QED) is 0.290. The first-order chi connectivity index (χ1) is 17.7. The molecule has 9 rings (SSSR count). The van der Waals surface area contributed by atoms with E-state index < -0.39 is 0 Å². The second kappa shape index (κ2) is 7.59. The fraction of sp³-hybridized carbons (Fsp3) is 0.314. The van der Waals surface area contributed by atoms with Crippen LogP contribution in [0.3, 0.4) is 0 Å². The van der Waals surface area contributed by atoms with Crippen LogP contribution in [0.15, 0.2) is 97.1 Å². The van der Waals surface area contributed by atoms with E-state index in [-0.39, 0.29) is 5.41 Å². The molecule has 4 aromatic rings. The van der Waals surface area contributed by atoms with Gasteiger partial charge in [0, 0.05) is 22.4 Å². The molecule has 5 aliphatic rings. The van der Waals surface area contributed by atoms with Gasteiger partial charge in [-0.15, -0.1) is 0 Å². The smallest absolute Gasteiger partial charge is 0.0543 e. The van der Waals surface area contributed by atoms with Crippen LogP contribution in [-0.2, 0) is 5.41 Å². The van der Waals surface area contributed by atoms with Gasteiger partial charge in [0.25, 0.3) is 0 Å². The Bertz CT molecular complexity index is 1420. The van der Waals surface area contributed by atoms with Crippen LogP contribution in [0.2, 0.25) is 0 Å². The van der Waals surface area contributed by atoms with E-state index >= 15 is 0 Å². The maximum absolute atomic E-state index is 2.50. The van der Waals surface area contributed by atoms with Crippen molar-refractivity contribution >= 4 is 17.1 Å². The second-order valence-electron chi connectivity index (χ2n) is 11.9. The summed E-state index contributed by atoms with van der Waals surface area (Å²) >= 11 is 0. The van der Waals surface area contributed by atoms with E-state index in [2.05, 4.69) is 109 Å². The summed E-state index contributed by atoms with van der Waals surface area (Å²) in [4.78, 5) is 2.49. The van der Waals surface area contributed by atoms with Gasteiger partial charge in [-0.05, 0) is 110 Å². The molecule has 0 atom stereocenters. The molecule has 0 N–H and O–H groups in total. The molecule has 178 valence electrons. The van der Waals surface area contributed by atoms with Crippen LogP contribution in [0.25, 0.3) is 11.1 Å². The van der Waals surface area contributed by atoms with Crippen molar-refractivity contribution in [3.63, 3.8) is 0 Å². The van der Waals surface area contributed by atoms with Crippen LogP contribution >= 0.6 is 0 Å². The van der Waals surface area contributed by atoms with Crippen molar-refractivity contribution in [3.05, 3.63) is 114 Å². The van der Waals surface area contributed by atoms with Gasteiger partial charge in [0.05, 0.1) is 5.69 Å². The lowest BCUT2D eigenvalue weighted by Crippen LogP contribution is -2.55. The van der Waals surface area contributed by atoms with Crippen molar-refractivity contribution in [2.45, 2.75) is 44.4 Å². The predicted molar refractivity (Wildman–Crippen MR) is 149 cm³/mol. The average molecular weight is 468 g/mol. The molecule has 0 saturated heterocycles. The van der Waals surface area contributed by atoms with Gasteiger partial charge in [0.2, 0.25) is 0 Å². The third kappa shape index (κ3) is 2.72. The molecule has 4 aromatic carbocycles. The molecule has 0 radical (unpaired) electrons. The van der Waals surface area contributed by atoms with Gasteiger partial charge >= 0.3 is 0 Å². The van der Waals surface area contributed by atoms with Gasteiger partial charge in [0.1, 0.15) is 0 Å². The third-order valence-corrected chi connectivity index (χ3v) is 10.1. The monoisotopic (exact) mass is 467 g/mol. The van der Waals surface area contributed by atoms with Crippen LogP contribution in [0.4, 0.5) is 17.1 Å². The van der Waals surface area contributed by atoms with Crippen molar-refractivity contribution in [2.24, 2.45) is 23.7 Å². The summed E-state index contributed by atoms with van der Waals surface area (Å²) in [5.74, 6) is 3.50. The summed E-state index contributed by atoms with van der Waals surface area (Å²) < 4.78 is 0. The molecule has 0 aliphatic heterocycles. The van der Waals surface area contributed by atoms with Crippen LogP contribution in [0.5, 0.6) is 0 Å². The van der Waals surface area contributed by atoms with E-state index in [1.165, 1.54) is 65.9 Å². The van der Waals surface area contributed by atoms with E-state index in [1.54, 1.807) is 11.1 Å². The van der Waals surface area contributed by atoms with Gasteiger partial charge in [-0.2, -0.15) is 0 Å². The van der Waals surface area contributed by atoms with Crippen LogP contribution in [0.1, 0.15) is 48.8 Å². The number of fused-ring (bicyclic) bond motifs is 3. The summed E-state index contributed by atoms with van der Waals surface area (Å²) in [5, 5.41) is 0. The van der Waals surface area contributed by atoms with Crippen LogP contribution in [0, 0.1) is 30.6 Å². The van der Waals surface area contributed by atoms with Crippen LogP contribution in [-0.4, -0.2) is 0 Å². The minimum absolute atomic E-state index is 0.199. The SMILES string of the molecule is Cc1ccc(N(c2ccccc2)c2cccc3c2-c2ccccc2C32C3CC4CC(C3)CC2C4)cc1. The molecule has 36 heavy (non-hydrogen) atoms. The lowest BCUT2D eigenvalue weighted by molar-refractivity contribution is -0.0399. The molecule has 0 amide bonds. The maximum atomic E-state index is 2.50. The molecule has 0 aromatic heterocycles. The molecule has 1 heteroatoms. The summed E-state index contributed by atoms with van der Waals surface area (Å²) in [6, 6.07) is 36.6. The number of anilines is 3. The van der Waals surface area contributed by atoms with Crippen LogP contribution < -0.4 is 4.90 Å². The number of hydrogen-bond acceptors (Lipinski definition) is 1. The van der Waals surface area contributed by atoms with E-state index in [0.717, 1.165) is 23.7 Å². The average Bonchev–Trinajstić information content (AvgIpc) is 3.20. The Morgan fingerprint density at radius 3 is 1.92 bits per heavy atom. The number of aryl methyl sites for hydroxylation is 1. The first kappa shape index (κ1) is 20.8. The molecule has 4 bridgehead atoms. The normalized spacial score (nSPS) is 28.8. The van der Waals surface area contributed by atoms with Crippen molar-refractivity contribution in [2.75, 3.05) is 4.90 Å². The number of hydrogen-bond donors (Lipinski definition) is 0. The third-order valence-electron chi connectivity index (χ3n) is 10.1. The lowest BCUT2D eigenvalue weighted by atomic mass is 9.43. The molecule has 0 heterocycles. The highest BCUT2D eigenvalue weighted by Gasteiger charge is 2.61. The van der Waals surface area contributed by atoms with Crippen molar-refractivity contribution in [1.82, 2.24) is 0 Å². The Morgan fingerprint density at radius 1 is 0.583 bits per heavy atom. The zero-order chi connectivity index (χ0) is 23.9. The van der Waals surface area contributed by atoms with Gasteiger partial charge in [-0.1, -0.05) is 72.3 Å². The van der Waals surface area contributed by atoms with Crippen molar-refractivity contribution in [1.29, 1.82) is 0 Å². The Kier molecular flexibility index (Phi) is 4.39. The largest absolute Gasteiger partial charge is 0.310 e. The fourth-order valence-electron chi connectivity index (χ4n) is 9.07. The zero-order valence-corrected chi connectivity index (χ0v) is 21.0. The van der Waals surface area contributed by atoms with Gasteiger partial charge < -0.3 is 4.90 Å². The maximum Gasteiger partial charge on any atom is 0.0543 e. The lowest BCUT2D eigenvalue weighted by Gasteiger charge is -2.61. The summed E-state index contributed by atoms with van der Waals surface area (Å²) in [5.41, 5.74) is 11.4. The molecule has 4 saturated carbocycles. The number of nitrogens with zero attached hydrogens (tertiary/aromatic N) is 1. The Hall–Kier alpha value is -3.32. The van der Waals surface area contributed by atoms with Gasteiger partial charge in [0.15, 0.2) is 0 Å². The number of benzene rings is 4. The fourth-order valence-corrected chi connectivity index (χ4v) is 9.07. The molecule has 1 nitrogen and oxygen atoms in total. The predicted octanol–water partition coefficient (Wildman–Crippen LogP) is 9.19. The number of para-hydroxylation sites is 1. The molecule has 0 unspecified atom stereocenters. The highest BCUT2D eigenvalue weighted by atomic mass is 15.1. The standard InChI is InChI=1S/C35H33N/c1-23-14-16-29(17-15-23)36(28-8-3-2-4-9-28)33-13-7-12-32-34(33)30-10-5-6-11-31(30)35(32)26-19-24-18-25(21-26)22-27(35)20-24/h2-17,24-27H,18-22H2,1H3. The van der Waals surface area contributed by atoms with Gasteiger partial charge in [-0.3, -0.25) is 0 Å². The van der Waals surface area contributed by atoms with E-state index in [4.69, 9.17) is 0 Å². The Balaban J connectivity index is 1.40. The summed E-state index contributed by atoms with van der Waals surface area (Å²) in [7, 11) is 0. The van der Waals surface area contributed by atoms with E-state index in [1.807, 2.05) is 0 Å². The molecular weight excluding hydrogens is 434 g/mol. The first-order valence-electron chi connectivity index (χ1n) is 13.9. The molecular formula is C35H33N. The van der Waals surface area contributed by atoms with Gasteiger partial charge in [-0.25, -0.2) is 0 Å². The topological polar surface area (TPSA) is 3.24 Å². The highest BCUT2D eigenvalue weighted by Crippen LogP contribution is 2.70. The minimum Gasteiger partial charge on any atom is -0.310 e. The van der Waals surface area contributed by atoms with E-state index in [9.17, 15) is 0 Å². The van der Waals surface area contributed by atoms with E-state index in [0.29, 0.717) is 0 Å². The molecule has 5 aliphatic carbocycles. The molecule has 1 spiro atoms. The first-order valence-corrected chi connectivity index (χ1v) is 13.9. The summed E-state index contributed by atoms with van der Waals surface area (Å²) in [6.45, 7) is 2.17. The minimum atomic E-state index is 0.199. The van der Waals surface area contributed by atoms with Crippen molar-refractivity contribution < 1.29 is 0 Å². The second-order valence-corrected chi connectivity index (χ2v) is 11.9. The van der Waals surface area contributed by atoms with Crippen molar-refractivity contribution in [3.8, 4) is 11.1 Å². The molecule has 4 fully saturated rings. The Labute approximate surface area is 214 Å². The number of rotatable bonds is 3. The Morgan fingerprint density at radius 2 is 1.19 bits per heavy atom.